The molecule has 0 spiro atoms. The SMILES string of the molecule is CCCC(C)c1nc(N2CCC(N)C2)n[nH]1. The van der Waals surface area contributed by atoms with Crippen LogP contribution in [0.2, 0.25) is 0 Å². The van der Waals surface area contributed by atoms with Gasteiger partial charge in [0.25, 0.3) is 0 Å². The van der Waals surface area contributed by atoms with Gasteiger partial charge in [-0.25, -0.2) is 0 Å². The van der Waals surface area contributed by atoms with Crippen LogP contribution < -0.4 is 10.6 Å². The van der Waals surface area contributed by atoms with Gasteiger partial charge in [-0.05, 0) is 12.8 Å². The van der Waals surface area contributed by atoms with Crippen molar-refractivity contribution in [2.75, 3.05) is 18.0 Å². The van der Waals surface area contributed by atoms with Crippen molar-refractivity contribution in [3.05, 3.63) is 5.82 Å². The molecule has 0 aliphatic carbocycles. The molecule has 1 saturated heterocycles. The highest BCUT2D eigenvalue weighted by Crippen LogP contribution is 2.20. The third-order valence-corrected chi connectivity index (χ3v) is 3.19. The molecule has 0 aromatic carbocycles. The summed E-state index contributed by atoms with van der Waals surface area (Å²) in [5.41, 5.74) is 5.87. The van der Waals surface area contributed by atoms with Gasteiger partial charge in [-0.1, -0.05) is 20.3 Å². The third-order valence-electron chi connectivity index (χ3n) is 3.19. The molecule has 2 unspecified atom stereocenters. The van der Waals surface area contributed by atoms with Crippen LogP contribution in [0.15, 0.2) is 0 Å². The summed E-state index contributed by atoms with van der Waals surface area (Å²) in [5.74, 6) is 2.27. The zero-order valence-corrected chi connectivity index (χ0v) is 10.1. The summed E-state index contributed by atoms with van der Waals surface area (Å²) in [6.07, 6.45) is 3.36. The summed E-state index contributed by atoms with van der Waals surface area (Å²) >= 11 is 0. The van der Waals surface area contributed by atoms with Crippen molar-refractivity contribution in [1.29, 1.82) is 0 Å². The highest BCUT2D eigenvalue weighted by Gasteiger charge is 2.23. The average Bonchev–Trinajstić information content (AvgIpc) is 2.85. The van der Waals surface area contributed by atoms with Gasteiger partial charge >= 0.3 is 0 Å². The van der Waals surface area contributed by atoms with Crippen LogP contribution in [0.4, 0.5) is 5.95 Å². The zero-order chi connectivity index (χ0) is 11.5. The van der Waals surface area contributed by atoms with Crippen molar-refractivity contribution in [1.82, 2.24) is 15.2 Å². The second-order valence-corrected chi connectivity index (χ2v) is 4.71. The molecular formula is C11H21N5. The summed E-state index contributed by atoms with van der Waals surface area (Å²) in [6, 6.07) is 0.273. The predicted octanol–water partition coefficient (Wildman–Crippen LogP) is 1.25. The van der Waals surface area contributed by atoms with Crippen LogP contribution in [0.25, 0.3) is 0 Å². The molecule has 1 aliphatic heterocycles. The first kappa shape index (κ1) is 11.4. The molecule has 3 N–H and O–H groups in total. The normalized spacial score (nSPS) is 22.7. The van der Waals surface area contributed by atoms with Gasteiger partial charge in [-0.15, -0.1) is 5.10 Å². The summed E-state index contributed by atoms with van der Waals surface area (Å²) in [4.78, 5) is 6.71. The molecule has 2 heterocycles. The maximum absolute atomic E-state index is 5.87. The Balaban J connectivity index is 2.01. The smallest absolute Gasteiger partial charge is 0.244 e. The van der Waals surface area contributed by atoms with E-state index in [4.69, 9.17) is 5.73 Å². The minimum Gasteiger partial charge on any atom is -0.338 e. The lowest BCUT2D eigenvalue weighted by atomic mass is 10.1. The molecular weight excluding hydrogens is 202 g/mol. The fourth-order valence-electron chi connectivity index (χ4n) is 2.17. The van der Waals surface area contributed by atoms with E-state index in [0.717, 1.165) is 37.7 Å². The van der Waals surface area contributed by atoms with Crippen molar-refractivity contribution >= 4 is 5.95 Å². The second-order valence-electron chi connectivity index (χ2n) is 4.71. The highest BCUT2D eigenvalue weighted by molar-refractivity contribution is 5.31. The van der Waals surface area contributed by atoms with Crippen LogP contribution in [-0.4, -0.2) is 34.3 Å². The monoisotopic (exact) mass is 223 g/mol. The predicted molar refractivity (Wildman–Crippen MR) is 64.5 cm³/mol. The number of aromatic nitrogens is 3. The standard InChI is InChI=1S/C11H21N5/c1-3-4-8(2)10-13-11(15-14-10)16-6-5-9(12)7-16/h8-9H,3-7,12H2,1-2H3,(H,13,14,15). The fraction of sp³-hybridized carbons (Fsp3) is 0.818. The van der Waals surface area contributed by atoms with Crippen LogP contribution >= 0.6 is 0 Å². The van der Waals surface area contributed by atoms with Crippen molar-refractivity contribution in [3.8, 4) is 0 Å². The Morgan fingerprint density at radius 1 is 1.62 bits per heavy atom. The molecule has 2 atom stereocenters. The van der Waals surface area contributed by atoms with Crippen LogP contribution in [0, 0.1) is 0 Å². The van der Waals surface area contributed by atoms with Gasteiger partial charge in [0.15, 0.2) is 0 Å². The van der Waals surface area contributed by atoms with E-state index in [1.165, 1.54) is 6.42 Å². The number of nitrogens with one attached hydrogen (secondary N) is 1. The Bertz CT molecular complexity index is 335. The van der Waals surface area contributed by atoms with E-state index in [0.29, 0.717) is 5.92 Å². The highest BCUT2D eigenvalue weighted by atomic mass is 15.4. The number of hydrogen-bond acceptors (Lipinski definition) is 4. The van der Waals surface area contributed by atoms with Crippen LogP contribution in [0.3, 0.4) is 0 Å². The van der Waals surface area contributed by atoms with E-state index < -0.39 is 0 Å². The maximum atomic E-state index is 5.87. The van der Waals surface area contributed by atoms with Crippen LogP contribution in [0.1, 0.15) is 44.9 Å². The van der Waals surface area contributed by atoms with Gasteiger partial charge in [-0.2, -0.15) is 4.98 Å². The van der Waals surface area contributed by atoms with Gasteiger partial charge in [0.05, 0.1) is 0 Å². The first-order valence-electron chi connectivity index (χ1n) is 6.13. The average molecular weight is 223 g/mol. The van der Waals surface area contributed by atoms with Gasteiger partial charge < -0.3 is 10.6 Å². The maximum Gasteiger partial charge on any atom is 0.244 e. The summed E-state index contributed by atoms with van der Waals surface area (Å²) < 4.78 is 0. The lowest BCUT2D eigenvalue weighted by Crippen LogP contribution is -2.27. The number of aromatic amines is 1. The Hall–Kier alpha value is -1.10. The largest absolute Gasteiger partial charge is 0.338 e. The van der Waals surface area contributed by atoms with E-state index >= 15 is 0 Å². The first-order chi connectivity index (χ1) is 7.70. The summed E-state index contributed by atoms with van der Waals surface area (Å²) in [7, 11) is 0. The van der Waals surface area contributed by atoms with Crippen LogP contribution in [-0.2, 0) is 0 Å². The van der Waals surface area contributed by atoms with E-state index in [2.05, 4.69) is 33.9 Å². The topological polar surface area (TPSA) is 70.8 Å². The number of nitrogens with two attached hydrogens (primary N) is 1. The Labute approximate surface area is 96.4 Å². The Kier molecular flexibility index (Phi) is 3.43. The first-order valence-corrected chi connectivity index (χ1v) is 6.13. The number of nitrogens with zero attached hydrogens (tertiary/aromatic N) is 3. The second kappa shape index (κ2) is 4.82. The molecule has 1 aromatic rings. The van der Waals surface area contributed by atoms with Gasteiger partial charge in [0, 0.05) is 25.0 Å². The molecule has 2 rings (SSSR count). The van der Waals surface area contributed by atoms with Crippen molar-refractivity contribution in [2.45, 2.75) is 45.1 Å². The van der Waals surface area contributed by atoms with Crippen molar-refractivity contribution in [2.24, 2.45) is 5.73 Å². The molecule has 5 heteroatoms. The number of hydrogen-bond donors (Lipinski definition) is 2. The Morgan fingerprint density at radius 2 is 2.44 bits per heavy atom. The minimum atomic E-state index is 0.273. The molecule has 5 nitrogen and oxygen atoms in total. The van der Waals surface area contributed by atoms with E-state index in [1.54, 1.807) is 0 Å². The van der Waals surface area contributed by atoms with Crippen molar-refractivity contribution < 1.29 is 0 Å². The van der Waals surface area contributed by atoms with E-state index in [1.807, 2.05) is 0 Å². The molecule has 1 aliphatic rings. The molecule has 1 fully saturated rings. The van der Waals surface area contributed by atoms with Crippen molar-refractivity contribution in [3.63, 3.8) is 0 Å². The summed E-state index contributed by atoms with van der Waals surface area (Å²) in [5, 5.41) is 7.31. The molecule has 1 aromatic heterocycles. The molecule has 90 valence electrons. The fourth-order valence-corrected chi connectivity index (χ4v) is 2.17. The minimum absolute atomic E-state index is 0.273. The lowest BCUT2D eigenvalue weighted by molar-refractivity contribution is 0.629. The molecule has 0 saturated carbocycles. The van der Waals surface area contributed by atoms with Crippen LogP contribution in [0.5, 0.6) is 0 Å². The molecule has 0 radical (unpaired) electrons. The number of rotatable bonds is 4. The third kappa shape index (κ3) is 2.35. The molecule has 16 heavy (non-hydrogen) atoms. The van der Waals surface area contributed by atoms with Gasteiger partial charge in [-0.3, -0.25) is 5.10 Å². The van der Waals surface area contributed by atoms with E-state index in [-0.39, 0.29) is 6.04 Å². The Morgan fingerprint density at radius 3 is 3.06 bits per heavy atom. The molecule has 0 bridgehead atoms. The number of anilines is 1. The van der Waals surface area contributed by atoms with Gasteiger partial charge in [0.2, 0.25) is 5.95 Å². The van der Waals surface area contributed by atoms with Gasteiger partial charge in [0.1, 0.15) is 5.82 Å². The molecule has 0 amide bonds. The number of H-pyrrole nitrogens is 1. The lowest BCUT2D eigenvalue weighted by Gasteiger charge is -2.12. The quantitative estimate of drug-likeness (QED) is 0.805. The van der Waals surface area contributed by atoms with E-state index in [9.17, 15) is 0 Å². The zero-order valence-electron chi connectivity index (χ0n) is 10.1. The summed E-state index contributed by atoms with van der Waals surface area (Å²) in [6.45, 7) is 6.22.